The summed E-state index contributed by atoms with van der Waals surface area (Å²) < 4.78 is 6.82. The fourth-order valence-corrected chi connectivity index (χ4v) is 9.31. The maximum absolute atomic E-state index is 10.1. The van der Waals surface area contributed by atoms with Crippen LogP contribution in [0.1, 0.15) is 20.8 Å². The Labute approximate surface area is 162 Å². The van der Waals surface area contributed by atoms with E-state index < -0.39 is 8.32 Å². The molecule has 0 bridgehead atoms. The summed E-state index contributed by atoms with van der Waals surface area (Å²) in [5.74, 6) is 1.70. The Morgan fingerprint density at radius 2 is 1.58 bits per heavy atom. The van der Waals surface area contributed by atoms with Crippen molar-refractivity contribution in [2.24, 2.45) is 0 Å². The average molecular weight is 385 g/mol. The number of rotatable bonds is 5. The normalized spacial score (nSPS) is 19.8. The second kappa shape index (κ2) is 8.13. The minimum Gasteiger partial charge on any atom is -0.404 e. The second-order valence-corrected chi connectivity index (χ2v) is 13.1. The Morgan fingerprint density at radius 3 is 2.00 bits per heavy atom. The number of benzene rings is 2. The maximum Gasteiger partial charge on any atom is 0.261 e. The first kappa shape index (κ1) is 19.4. The van der Waals surface area contributed by atoms with Crippen LogP contribution in [0, 0.1) is 0 Å². The van der Waals surface area contributed by atoms with Crippen LogP contribution in [-0.2, 0) is 4.43 Å². The van der Waals surface area contributed by atoms with E-state index in [9.17, 15) is 5.11 Å². The third-order valence-corrected chi connectivity index (χ3v) is 11.1. The molecule has 1 aliphatic heterocycles. The number of hydrogen-bond acceptors (Lipinski definition) is 3. The fourth-order valence-electron chi connectivity index (χ4n) is 3.72. The summed E-state index contributed by atoms with van der Waals surface area (Å²) in [5, 5.41) is 12.6. The van der Waals surface area contributed by atoms with Gasteiger partial charge in [0.2, 0.25) is 0 Å². The molecule has 1 heterocycles. The molecule has 0 saturated carbocycles. The zero-order valence-corrected chi connectivity index (χ0v) is 17.6. The molecule has 1 fully saturated rings. The van der Waals surface area contributed by atoms with Crippen LogP contribution in [-0.4, -0.2) is 37.6 Å². The molecule has 1 aliphatic rings. The maximum atomic E-state index is 10.1. The predicted molar refractivity (Wildman–Crippen MR) is 115 cm³/mol. The van der Waals surface area contributed by atoms with Crippen molar-refractivity contribution in [3.63, 3.8) is 0 Å². The first-order valence-corrected chi connectivity index (χ1v) is 12.2. The minimum absolute atomic E-state index is 0.0166. The van der Waals surface area contributed by atoms with Crippen molar-refractivity contribution >= 4 is 30.5 Å². The zero-order valence-electron chi connectivity index (χ0n) is 15.8. The van der Waals surface area contributed by atoms with Crippen molar-refractivity contribution in [2.75, 3.05) is 18.1 Å². The molecule has 3 rings (SSSR count). The molecule has 1 N–H and O–H groups in total. The van der Waals surface area contributed by atoms with Crippen LogP contribution >= 0.6 is 11.8 Å². The highest BCUT2D eigenvalue weighted by molar-refractivity contribution is 7.99. The Kier molecular flexibility index (Phi) is 6.08. The molecule has 2 nitrogen and oxygen atoms in total. The van der Waals surface area contributed by atoms with E-state index in [1.807, 2.05) is 0 Å². The fraction of sp³-hybridized carbons (Fsp3) is 0.364. The second-order valence-electron chi connectivity index (χ2n) is 7.78. The van der Waals surface area contributed by atoms with Crippen LogP contribution in [0.4, 0.5) is 0 Å². The molecular formula is C22H28O2SSi. The molecule has 26 heavy (non-hydrogen) atoms. The quantitative estimate of drug-likeness (QED) is 0.631. The van der Waals surface area contributed by atoms with Crippen LogP contribution in [0.5, 0.6) is 0 Å². The largest absolute Gasteiger partial charge is 0.404 e. The van der Waals surface area contributed by atoms with E-state index in [-0.39, 0.29) is 11.1 Å². The topological polar surface area (TPSA) is 29.5 Å². The van der Waals surface area contributed by atoms with Crippen LogP contribution in [0.25, 0.3) is 0 Å². The van der Waals surface area contributed by atoms with E-state index in [4.69, 9.17) is 4.43 Å². The molecule has 1 atom stereocenters. The van der Waals surface area contributed by atoms with E-state index in [1.165, 1.54) is 10.4 Å². The molecule has 0 aliphatic carbocycles. The van der Waals surface area contributed by atoms with Crippen LogP contribution in [0.3, 0.4) is 0 Å². The molecule has 2 aromatic carbocycles. The van der Waals surface area contributed by atoms with Gasteiger partial charge >= 0.3 is 0 Å². The van der Waals surface area contributed by atoms with Crippen molar-refractivity contribution < 1.29 is 9.53 Å². The summed E-state index contributed by atoms with van der Waals surface area (Å²) in [7, 11) is -2.48. The number of hydrogen-bond donors (Lipinski definition) is 1. The third kappa shape index (κ3) is 3.84. The number of aliphatic hydroxyl groups is 1. The summed E-state index contributed by atoms with van der Waals surface area (Å²) in [6.45, 7) is 7.39. The van der Waals surface area contributed by atoms with Crippen molar-refractivity contribution in [3.05, 3.63) is 72.3 Å². The number of aliphatic hydroxyl groups excluding tert-OH is 1. The molecule has 0 aromatic heterocycles. The highest BCUT2D eigenvalue weighted by atomic mass is 32.2. The van der Waals surface area contributed by atoms with Gasteiger partial charge in [0.15, 0.2) is 0 Å². The molecule has 0 unspecified atom stereocenters. The van der Waals surface area contributed by atoms with Crippen molar-refractivity contribution in [1.82, 2.24) is 0 Å². The average Bonchev–Trinajstić information content (AvgIpc) is 3.04. The monoisotopic (exact) mass is 384 g/mol. The minimum atomic E-state index is -2.48. The van der Waals surface area contributed by atoms with Crippen molar-refractivity contribution in [2.45, 2.75) is 31.9 Å². The Morgan fingerprint density at radius 1 is 1.04 bits per heavy atom. The van der Waals surface area contributed by atoms with Crippen molar-refractivity contribution in [3.8, 4) is 0 Å². The highest BCUT2D eigenvalue weighted by Gasteiger charge is 2.49. The van der Waals surface area contributed by atoms with Gasteiger partial charge in [0.1, 0.15) is 0 Å². The van der Waals surface area contributed by atoms with Gasteiger partial charge in [0.25, 0.3) is 8.32 Å². The highest BCUT2D eigenvalue weighted by Crippen LogP contribution is 2.36. The van der Waals surface area contributed by atoms with E-state index in [0.29, 0.717) is 6.61 Å². The van der Waals surface area contributed by atoms with Gasteiger partial charge in [0, 0.05) is 11.5 Å². The van der Waals surface area contributed by atoms with Gasteiger partial charge in [-0.05, 0) is 21.0 Å². The van der Waals surface area contributed by atoms with E-state index in [1.54, 1.807) is 11.8 Å². The predicted octanol–water partition coefficient (Wildman–Crippen LogP) is 3.60. The SMILES string of the molecule is CC(C)(C)[Si](OC/C=C1\CSC[C@@H]1O)(c1ccccc1)c1ccccc1. The molecule has 2 aromatic rings. The van der Waals surface area contributed by atoms with Gasteiger partial charge in [-0.15, -0.1) is 0 Å². The molecular weight excluding hydrogens is 356 g/mol. The van der Waals surface area contributed by atoms with Gasteiger partial charge in [-0.3, -0.25) is 0 Å². The Hall–Kier alpha value is -1.33. The molecule has 1 saturated heterocycles. The molecule has 0 radical (unpaired) electrons. The van der Waals surface area contributed by atoms with Gasteiger partial charge < -0.3 is 9.53 Å². The van der Waals surface area contributed by atoms with Gasteiger partial charge in [-0.2, -0.15) is 11.8 Å². The standard InChI is InChI=1S/C22H28O2SSi/c1-22(2,3)26(19-10-6-4-7-11-19,20-12-8-5-9-13-20)24-15-14-18-16-25-17-21(18)23/h4-14,21,23H,15-17H2,1-3H3/b18-14+/t21-/m0/s1. The van der Waals surface area contributed by atoms with Crippen molar-refractivity contribution in [1.29, 1.82) is 0 Å². The Balaban J connectivity index is 2.03. The summed E-state index contributed by atoms with van der Waals surface area (Å²) in [4.78, 5) is 0. The summed E-state index contributed by atoms with van der Waals surface area (Å²) >= 11 is 1.78. The lowest BCUT2D eigenvalue weighted by Crippen LogP contribution is -2.66. The lowest BCUT2D eigenvalue weighted by atomic mass is 10.2. The first-order valence-electron chi connectivity index (χ1n) is 9.15. The van der Waals surface area contributed by atoms with Crippen LogP contribution < -0.4 is 10.4 Å². The van der Waals surface area contributed by atoms with Crippen LogP contribution in [0.2, 0.25) is 5.04 Å². The lowest BCUT2D eigenvalue weighted by Gasteiger charge is -2.42. The summed E-state index contributed by atoms with van der Waals surface area (Å²) in [5.41, 5.74) is 1.10. The van der Waals surface area contributed by atoms with Gasteiger partial charge in [-0.1, -0.05) is 87.5 Å². The molecule has 0 amide bonds. The van der Waals surface area contributed by atoms with E-state index >= 15 is 0 Å². The number of thioether (sulfide) groups is 1. The molecule has 138 valence electrons. The smallest absolute Gasteiger partial charge is 0.261 e. The summed E-state index contributed by atoms with van der Waals surface area (Å²) in [6, 6.07) is 21.4. The van der Waals surface area contributed by atoms with Crippen LogP contribution in [0.15, 0.2) is 72.3 Å². The van der Waals surface area contributed by atoms with E-state index in [0.717, 1.165) is 17.1 Å². The Bertz CT molecular complexity index is 698. The van der Waals surface area contributed by atoms with Gasteiger partial charge in [0.05, 0.1) is 12.7 Å². The molecule has 0 spiro atoms. The zero-order chi connectivity index (χ0) is 18.6. The summed E-state index contributed by atoms with van der Waals surface area (Å²) in [6.07, 6.45) is 1.78. The van der Waals surface area contributed by atoms with Gasteiger partial charge in [-0.25, -0.2) is 0 Å². The third-order valence-electron chi connectivity index (χ3n) is 5.03. The van der Waals surface area contributed by atoms with E-state index in [2.05, 4.69) is 87.5 Å². The lowest BCUT2D eigenvalue weighted by molar-refractivity contribution is 0.239. The molecule has 4 heteroatoms. The first-order chi connectivity index (χ1) is 12.4.